The van der Waals surface area contributed by atoms with Gasteiger partial charge in [0, 0.05) is 19.1 Å². The molecule has 1 aromatic rings. The van der Waals surface area contributed by atoms with Crippen molar-refractivity contribution in [1.82, 2.24) is 4.90 Å². The first-order chi connectivity index (χ1) is 11.7. The highest BCUT2D eigenvalue weighted by Crippen LogP contribution is 2.34. The highest BCUT2D eigenvalue weighted by Gasteiger charge is 2.49. The Labute approximate surface area is 148 Å². The first-order valence-electron chi connectivity index (χ1n) is 8.15. The zero-order valence-corrected chi connectivity index (χ0v) is 16.0. The van der Waals surface area contributed by atoms with Crippen molar-refractivity contribution in [3.8, 4) is 5.75 Å². The van der Waals surface area contributed by atoms with Crippen molar-refractivity contribution in [3.05, 3.63) is 23.8 Å². The molecule has 0 N–H and O–H groups in total. The molecule has 2 heterocycles. The molecule has 0 unspecified atom stereocenters. The summed E-state index contributed by atoms with van der Waals surface area (Å²) in [6, 6.07) is 4.37. The Morgan fingerprint density at radius 2 is 1.88 bits per heavy atom. The summed E-state index contributed by atoms with van der Waals surface area (Å²) < 4.78 is 61.6. The fourth-order valence-electron chi connectivity index (χ4n) is 3.51. The summed E-state index contributed by atoms with van der Waals surface area (Å²) in [5.74, 6) is -0.241. The lowest BCUT2D eigenvalue weighted by Gasteiger charge is -2.34. The van der Waals surface area contributed by atoms with Crippen molar-refractivity contribution < 1.29 is 26.3 Å². The van der Waals surface area contributed by atoms with E-state index in [2.05, 4.69) is 0 Å². The molecule has 1 aromatic carbocycles. The van der Waals surface area contributed by atoms with Crippen molar-refractivity contribution in [2.24, 2.45) is 0 Å². The van der Waals surface area contributed by atoms with E-state index in [1.807, 2.05) is 4.90 Å². The first kappa shape index (κ1) is 18.6. The highest BCUT2D eigenvalue weighted by atomic mass is 32.2. The van der Waals surface area contributed by atoms with Gasteiger partial charge in [-0.15, -0.1) is 0 Å². The molecule has 2 aliphatic heterocycles. The van der Waals surface area contributed by atoms with E-state index in [1.54, 1.807) is 25.1 Å². The molecule has 7 nitrogen and oxygen atoms in total. The molecule has 140 valence electrons. The Balaban J connectivity index is 2.03. The number of aryl methyl sites for hydroxylation is 1. The minimum Gasteiger partial charge on any atom is -0.495 e. The van der Waals surface area contributed by atoms with Gasteiger partial charge >= 0.3 is 0 Å². The van der Waals surface area contributed by atoms with Crippen LogP contribution in [0.5, 0.6) is 5.75 Å². The van der Waals surface area contributed by atoms with Gasteiger partial charge < -0.3 is 9.47 Å². The van der Waals surface area contributed by atoms with Crippen molar-refractivity contribution in [3.63, 3.8) is 0 Å². The second-order valence-corrected chi connectivity index (χ2v) is 10.8. The zero-order chi connectivity index (χ0) is 18.2. The van der Waals surface area contributed by atoms with Gasteiger partial charge in [0.05, 0.1) is 37.1 Å². The van der Waals surface area contributed by atoms with E-state index in [-0.39, 0.29) is 22.2 Å². The van der Waals surface area contributed by atoms with E-state index in [9.17, 15) is 16.8 Å². The second kappa shape index (κ2) is 6.86. The summed E-state index contributed by atoms with van der Waals surface area (Å²) in [4.78, 5) is 1.99. The number of hydrogen-bond donors (Lipinski definition) is 0. The average Bonchev–Trinajstić information content (AvgIpc) is 2.92. The summed E-state index contributed by atoms with van der Waals surface area (Å²) >= 11 is 0. The predicted molar refractivity (Wildman–Crippen MR) is 93.5 cm³/mol. The minimum atomic E-state index is -3.86. The van der Waals surface area contributed by atoms with Crippen LogP contribution in [0.4, 0.5) is 0 Å². The standard InChI is InChI=1S/C16H23NO6S2/c1-12-3-4-14(22-2)15(9-12)25(20,21)16-11-24(18,19)10-13(16)17-5-7-23-8-6-17/h3-4,9,13,16H,5-8,10-11H2,1-2H3/t13-,16+/m1/s1. The molecule has 0 aliphatic carbocycles. The lowest BCUT2D eigenvalue weighted by atomic mass is 10.2. The predicted octanol–water partition coefficient (Wildman–Crippen LogP) is 0.275. The Hall–Kier alpha value is -1.16. The number of sulfone groups is 2. The summed E-state index contributed by atoms with van der Waals surface area (Å²) in [5.41, 5.74) is 0.781. The number of methoxy groups -OCH3 is 1. The molecule has 0 saturated carbocycles. The first-order valence-corrected chi connectivity index (χ1v) is 11.5. The summed E-state index contributed by atoms with van der Waals surface area (Å²) in [7, 11) is -5.87. The Kier molecular flexibility index (Phi) is 5.11. The Bertz CT molecular complexity index is 843. The van der Waals surface area contributed by atoms with Gasteiger partial charge in [-0.1, -0.05) is 6.07 Å². The van der Waals surface area contributed by atoms with Gasteiger partial charge in [-0.25, -0.2) is 16.8 Å². The summed E-state index contributed by atoms with van der Waals surface area (Å²) in [5, 5.41) is -0.994. The molecule has 3 rings (SSSR count). The van der Waals surface area contributed by atoms with Crippen LogP contribution >= 0.6 is 0 Å². The average molecular weight is 389 g/mol. The summed E-state index contributed by atoms with van der Waals surface area (Å²) in [6.07, 6.45) is 0. The monoisotopic (exact) mass is 389 g/mol. The Morgan fingerprint density at radius 3 is 2.52 bits per heavy atom. The third-order valence-electron chi connectivity index (χ3n) is 4.81. The zero-order valence-electron chi connectivity index (χ0n) is 14.3. The number of nitrogens with zero attached hydrogens (tertiary/aromatic N) is 1. The van der Waals surface area contributed by atoms with Crippen LogP contribution in [0.15, 0.2) is 23.1 Å². The molecule has 2 fully saturated rings. The maximum Gasteiger partial charge on any atom is 0.187 e. The molecule has 2 atom stereocenters. The van der Waals surface area contributed by atoms with E-state index >= 15 is 0 Å². The van der Waals surface area contributed by atoms with Crippen molar-refractivity contribution in [1.29, 1.82) is 0 Å². The Morgan fingerprint density at radius 1 is 1.20 bits per heavy atom. The molecular weight excluding hydrogens is 366 g/mol. The number of morpholine rings is 1. The molecular formula is C16H23NO6S2. The van der Waals surface area contributed by atoms with E-state index in [4.69, 9.17) is 9.47 Å². The lowest BCUT2D eigenvalue weighted by Crippen LogP contribution is -2.50. The summed E-state index contributed by atoms with van der Waals surface area (Å²) in [6.45, 7) is 3.84. The van der Waals surface area contributed by atoms with Gasteiger partial charge in [0.15, 0.2) is 19.7 Å². The van der Waals surface area contributed by atoms with E-state index in [1.165, 1.54) is 7.11 Å². The normalized spacial score (nSPS) is 27.3. The van der Waals surface area contributed by atoms with Crippen LogP contribution in [0.1, 0.15) is 5.56 Å². The van der Waals surface area contributed by atoms with Crippen LogP contribution < -0.4 is 4.74 Å². The van der Waals surface area contributed by atoms with Gasteiger partial charge in [-0.3, -0.25) is 4.90 Å². The number of rotatable bonds is 4. The molecule has 0 amide bonds. The molecule has 0 radical (unpaired) electrons. The van der Waals surface area contributed by atoms with E-state index < -0.39 is 31.0 Å². The third-order valence-corrected chi connectivity index (χ3v) is 8.95. The SMILES string of the molecule is COc1ccc(C)cc1S(=O)(=O)[C@H]1CS(=O)(=O)C[C@H]1N1CCOCC1. The molecule has 0 aromatic heterocycles. The topological polar surface area (TPSA) is 90.0 Å². The van der Waals surface area contributed by atoms with Crippen molar-refractivity contribution in [2.45, 2.75) is 23.1 Å². The van der Waals surface area contributed by atoms with Gasteiger partial charge in [0.25, 0.3) is 0 Å². The van der Waals surface area contributed by atoms with Crippen LogP contribution in [-0.2, 0) is 24.4 Å². The highest BCUT2D eigenvalue weighted by molar-refractivity contribution is 7.96. The minimum absolute atomic E-state index is 0.0651. The molecule has 0 spiro atoms. The molecule has 25 heavy (non-hydrogen) atoms. The lowest BCUT2D eigenvalue weighted by molar-refractivity contribution is 0.0222. The molecule has 2 aliphatic rings. The smallest absolute Gasteiger partial charge is 0.187 e. The van der Waals surface area contributed by atoms with Crippen LogP contribution in [0.3, 0.4) is 0 Å². The van der Waals surface area contributed by atoms with Crippen molar-refractivity contribution >= 4 is 19.7 Å². The van der Waals surface area contributed by atoms with Crippen LogP contribution in [0, 0.1) is 6.92 Å². The fraction of sp³-hybridized carbons (Fsp3) is 0.625. The number of benzene rings is 1. The van der Waals surface area contributed by atoms with Gasteiger partial charge in [-0.2, -0.15) is 0 Å². The largest absolute Gasteiger partial charge is 0.495 e. The fourth-order valence-corrected chi connectivity index (χ4v) is 8.59. The van der Waals surface area contributed by atoms with E-state index in [0.29, 0.717) is 26.3 Å². The van der Waals surface area contributed by atoms with Gasteiger partial charge in [0.2, 0.25) is 0 Å². The molecule has 9 heteroatoms. The second-order valence-electron chi connectivity index (χ2n) is 6.53. The van der Waals surface area contributed by atoms with E-state index in [0.717, 1.165) is 5.56 Å². The number of hydrogen-bond acceptors (Lipinski definition) is 7. The molecule has 0 bridgehead atoms. The molecule has 2 saturated heterocycles. The quantitative estimate of drug-likeness (QED) is 0.730. The van der Waals surface area contributed by atoms with Crippen molar-refractivity contribution in [2.75, 3.05) is 44.9 Å². The maximum atomic E-state index is 13.3. The van der Waals surface area contributed by atoms with Crippen LogP contribution in [-0.4, -0.2) is 77.9 Å². The van der Waals surface area contributed by atoms with Crippen LogP contribution in [0.2, 0.25) is 0 Å². The third kappa shape index (κ3) is 3.69. The van der Waals surface area contributed by atoms with Gasteiger partial charge in [-0.05, 0) is 24.6 Å². The maximum absolute atomic E-state index is 13.3. The number of ether oxygens (including phenoxy) is 2. The van der Waals surface area contributed by atoms with Crippen LogP contribution in [0.25, 0.3) is 0 Å². The van der Waals surface area contributed by atoms with Gasteiger partial charge in [0.1, 0.15) is 10.6 Å².